The molecule has 0 spiro atoms. The van der Waals surface area contributed by atoms with Crippen molar-refractivity contribution in [2.75, 3.05) is 17.3 Å². The second kappa shape index (κ2) is 7.59. The first kappa shape index (κ1) is 18.4. The van der Waals surface area contributed by atoms with Gasteiger partial charge < -0.3 is 15.0 Å². The maximum Gasteiger partial charge on any atom is 0.282 e. The van der Waals surface area contributed by atoms with E-state index in [2.05, 4.69) is 10.3 Å². The van der Waals surface area contributed by atoms with Crippen LogP contribution in [0.5, 0.6) is 0 Å². The fraction of sp³-hybridized carbons (Fsp3) is 0.143. The maximum absolute atomic E-state index is 12.5. The molecule has 1 N–H and O–H groups in total. The van der Waals surface area contributed by atoms with E-state index in [4.69, 9.17) is 4.74 Å². The molecule has 2 atom stereocenters. The Morgan fingerprint density at radius 1 is 1.21 bits per heavy atom. The Balaban J connectivity index is 1.48. The molecule has 146 valence electrons. The predicted octanol–water partition coefficient (Wildman–Crippen LogP) is 3.53. The molecule has 0 aromatic heterocycles. The van der Waals surface area contributed by atoms with Gasteiger partial charge >= 0.3 is 0 Å². The van der Waals surface area contributed by atoms with Gasteiger partial charge in [-0.3, -0.25) is 19.9 Å². The number of nitrogens with zero attached hydrogens (tertiary/aromatic N) is 3. The van der Waals surface area contributed by atoms with Gasteiger partial charge in [-0.15, -0.1) is 0 Å². The molecule has 0 bridgehead atoms. The van der Waals surface area contributed by atoms with Crippen LogP contribution in [0.15, 0.2) is 77.5 Å². The summed E-state index contributed by atoms with van der Waals surface area (Å²) in [5.74, 6) is 0.263. The normalized spacial score (nSPS) is 19.5. The van der Waals surface area contributed by atoms with Crippen molar-refractivity contribution in [1.82, 2.24) is 0 Å². The van der Waals surface area contributed by atoms with Crippen LogP contribution in [0.4, 0.5) is 17.1 Å². The summed E-state index contributed by atoms with van der Waals surface area (Å²) in [4.78, 5) is 29.6. The summed E-state index contributed by atoms with van der Waals surface area (Å²) in [6.45, 7) is 0. The number of rotatable bonds is 5. The summed E-state index contributed by atoms with van der Waals surface area (Å²) < 4.78 is 5.25. The number of carbonyl (C=O) groups excluding carboxylic acids is 1. The van der Waals surface area contributed by atoms with Crippen LogP contribution < -0.4 is 10.2 Å². The van der Waals surface area contributed by atoms with Crippen molar-refractivity contribution >= 4 is 29.3 Å². The molecule has 29 heavy (non-hydrogen) atoms. The third-order valence-electron chi connectivity index (χ3n) is 4.83. The summed E-state index contributed by atoms with van der Waals surface area (Å²) in [6, 6.07) is 13.2. The molecule has 2 aromatic carbocycles. The first-order valence-electron chi connectivity index (χ1n) is 8.97. The minimum atomic E-state index is -0.567. The Bertz CT molecular complexity index is 1040. The van der Waals surface area contributed by atoms with Gasteiger partial charge in [-0.25, -0.2) is 0 Å². The molecular formula is C21H18N4O4. The summed E-state index contributed by atoms with van der Waals surface area (Å²) >= 11 is 0. The van der Waals surface area contributed by atoms with Crippen molar-refractivity contribution in [3.05, 3.63) is 88.2 Å². The molecule has 0 saturated carbocycles. The van der Waals surface area contributed by atoms with Gasteiger partial charge in [0.15, 0.2) is 0 Å². The highest BCUT2D eigenvalue weighted by atomic mass is 16.6. The largest absolute Gasteiger partial charge is 0.497 e. The number of nitrogens with one attached hydrogen (secondary N) is 1. The highest BCUT2D eigenvalue weighted by molar-refractivity contribution is 6.07. The molecule has 0 saturated heterocycles. The fourth-order valence-electron chi connectivity index (χ4n) is 3.36. The van der Waals surface area contributed by atoms with Gasteiger partial charge in [0.1, 0.15) is 11.3 Å². The average Bonchev–Trinajstić information content (AvgIpc) is 3.17. The number of amides is 1. The Hall–Kier alpha value is -3.94. The Labute approximate surface area is 167 Å². The van der Waals surface area contributed by atoms with Gasteiger partial charge in [0.05, 0.1) is 30.5 Å². The van der Waals surface area contributed by atoms with Gasteiger partial charge in [0.2, 0.25) is 0 Å². The second-order valence-electron chi connectivity index (χ2n) is 6.56. The number of hydrogen-bond acceptors (Lipinski definition) is 6. The van der Waals surface area contributed by atoms with Crippen molar-refractivity contribution in [1.29, 1.82) is 0 Å². The second-order valence-corrected chi connectivity index (χ2v) is 6.56. The lowest BCUT2D eigenvalue weighted by Crippen LogP contribution is -2.35. The van der Waals surface area contributed by atoms with Gasteiger partial charge in [0.25, 0.3) is 11.6 Å². The molecule has 2 aliphatic rings. The van der Waals surface area contributed by atoms with Crippen LogP contribution >= 0.6 is 0 Å². The van der Waals surface area contributed by atoms with Crippen LogP contribution in [0, 0.1) is 10.1 Å². The van der Waals surface area contributed by atoms with Crippen LogP contribution in [-0.4, -0.2) is 36.4 Å². The number of allylic oxidation sites excluding steroid dienone is 1. The number of benzene rings is 2. The lowest BCUT2D eigenvalue weighted by Gasteiger charge is -2.26. The SMILES string of the molecule is COC1=CC2N=CN(c3ccc(NC(=O)c4ccccc4[N+](=O)[O-])cc3)C2C=C1. The molecule has 4 rings (SSSR count). The fourth-order valence-corrected chi connectivity index (χ4v) is 3.36. The highest BCUT2D eigenvalue weighted by Crippen LogP contribution is 2.29. The van der Waals surface area contributed by atoms with E-state index in [1.54, 1.807) is 31.6 Å². The van der Waals surface area contributed by atoms with Gasteiger partial charge in [-0.1, -0.05) is 18.2 Å². The lowest BCUT2D eigenvalue weighted by atomic mass is 10.0. The van der Waals surface area contributed by atoms with Gasteiger partial charge in [-0.2, -0.15) is 0 Å². The standard InChI is InChI=1S/C21H18N4O4/c1-29-16-10-11-20-18(12-16)22-13-24(20)15-8-6-14(7-9-15)23-21(26)17-4-2-3-5-19(17)25(27)28/h2-13,18,20H,1H3,(H,23,26). The van der Waals surface area contributed by atoms with Crippen molar-refractivity contribution < 1.29 is 14.5 Å². The minimum absolute atomic E-state index is 0.00652. The molecule has 2 aromatic rings. The van der Waals surface area contributed by atoms with E-state index in [1.807, 2.05) is 35.3 Å². The zero-order valence-electron chi connectivity index (χ0n) is 15.6. The zero-order chi connectivity index (χ0) is 20.4. The molecule has 0 radical (unpaired) electrons. The summed E-state index contributed by atoms with van der Waals surface area (Å²) in [5.41, 5.74) is 1.26. The van der Waals surface area contributed by atoms with E-state index in [0.717, 1.165) is 11.4 Å². The number of nitro benzene ring substituents is 1. The number of nitro groups is 1. The average molecular weight is 390 g/mol. The Kier molecular flexibility index (Phi) is 4.82. The van der Waals surface area contributed by atoms with Crippen LogP contribution in [0.3, 0.4) is 0 Å². The topological polar surface area (TPSA) is 97.1 Å². The van der Waals surface area contributed by atoms with E-state index in [9.17, 15) is 14.9 Å². The van der Waals surface area contributed by atoms with Crippen molar-refractivity contribution in [2.24, 2.45) is 4.99 Å². The highest BCUT2D eigenvalue weighted by Gasteiger charge is 2.30. The number of aliphatic imine (C=N–C) groups is 1. The molecule has 8 nitrogen and oxygen atoms in total. The summed E-state index contributed by atoms with van der Waals surface area (Å²) in [7, 11) is 1.63. The first-order chi connectivity index (χ1) is 14.1. The number of carbonyl (C=O) groups is 1. The molecule has 1 aliphatic heterocycles. The quantitative estimate of drug-likeness (QED) is 0.622. The number of para-hydroxylation sites is 1. The van der Waals surface area contributed by atoms with Crippen molar-refractivity contribution in [3.63, 3.8) is 0 Å². The number of hydrogen-bond donors (Lipinski definition) is 1. The van der Waals surface area contributed by atoms with Gasteiger partial charge in [-0.05, 0) is 42.5 Å². The summed E-state index contributed by atoms with van der Waals surface area (Å²) in [6.07, 6.45) is 7.73. The minimum Gasteiger partial charge on any atom is -0.497 e. The van der Waals surface area contributed by atoms with E-state index < -0.39 is 10.8 Å². The van der Waals surface area contributed by atoms with Crippen LogP contribution in [0.2, 0.25) is 0 Å². The van der Waals surface area contributed by atoms with Crippen molar-refractivity contribution in [3.8, 4) is 0 Å². The number of ether oxygens (including phenoxy) is 1. The molecule has 1 heterocycles. The van der Waals surface area contributed by atoms with E-state index in [0.29, 0.717) is 5.69 Å². The monoisotopic (exact) mass is 390 g/mol. The molecular weight excluding hydrogens is 372 g/mol. The molecule has 0 fully saturated rings. The van der Waals surface area contributed by atoms with E-state index in [-0.39, 0.29) is 23.3 Å². The first-order valence-corrected chi connectivity index (χ1v) is 8.97. The third kappa shape index (κ3) is 3.60. The van der Waals surface area contributed by atoms with E-state index >= 15 is 0 Å². The number of anilines is 2. The van der Waals surface area contributed by atoms with E-state index in [1.165, 1.54) is 18.2 Å². The Morgan fingerprint density at radius 2 is 1.97 bits per heavy atom. The number of methoxy groups -OCH3 is 1. The van der Waals surface area contributed by atoms with Crippen LogP contribution in [0.1, 0.15) is 10.4 Å². The predicted molar refractivity (Wildman–Crippen MR) is 110 cm³/mol. The van der Waals surface area contributed by atoms with Crippen molar-refractivity contribution in [2.45, 2.75) is 12.1 Å². The maximum atomic E-state index is 12.5. The molecule has 8 heteroatoms. The Morgan fingerprint density at radius 3 is 2.69 bits per heavy atom. The third-order valence-corrected chi connectivity index (χ3v) is 4.83. The smallest absolute Gasteiger partial charge is 0.282 e. The molecule has 2 unspecified atom stereocenters. The van der Waals surface area contributed by atoms with Crippen LogP contribution in [0.25, 0.3) is 0 Å². The lowest BCUT2D eigenvalue weighted by molar-refractivity contribution is -0.385. The van der Waals surface area contributed by atoms with Crippen LogP contribution in [-0.2, 0) is 4.74 Å². The van der Waals surface area contributed by atoms with Gasteiger partial charge in [0, 0.05) is 17.4 Å². The molecule has 1 amide bonds. The summed E-state index contributed by atoms with van der Waals surface area (Å²) in [5, 5.41) is 13.8. The number of fused-ring (bicyclic) bond motifs is 1. The zero-order valence-corrected chi connectivity index (χ0v) is 15.6. The molecule has 1 aliphatic carbocycles.